The SMILES string of the molecule is CC1(C)Oc2ccc(C#N)cc2C(N2CCCC2=O)[C@@H]1OP(=O)(O)OCCO[C@H]1[C@H](N2CCCC2=O)c2cc(C#N)ccc2OC1(C)C. The van der Waals surface area contributed by atoms with Crippen LogP contribution in [0.5, 0.6) is 11.5 Å². The van der Waals surface area contributed by atoms with Gasteiger partial charge in [0.25, 0.3) is 0 Å². The Morgan fingerprint density at radius 2 is 1.31 bits per heavy atom. The standard InChI is InChI=1S/C34H39N4O9P/c1-33(2)31(29(37-13-5-7-27(37)39)23-17-21(19-35)9-11-25(23)45-33)43-15-16-44-48(41,42)47-32-30(38-14-6-8-28(38)40)24-18-22(20-36)10-12-26(24)46-34(32,3)4/h9-12,17-18,29-32H,5-8,13-16H2,1-4H3,(H,41,42)/t29-,30?,31+,32+/m1/s1. The molecule has 1 N–H and O–H groups in total. The van der Waals surface area contributed by atoms with Gasteiger partial charge in [-0.1, -0.05) is 0 Å². The lowest BCUT2D eigenvalue weighted by atomic mass is 9.84. The van der Waals surface area contributed by atoms with Crippen LogP contribution >= 0.6 is 7.82 Å². The van der Waals surface area contributed by atoms with Gasteiger partial charge < -0.3 is 28.9 Å². The first-order valence-corrected chi connectivity index (χ1v) is 17.6. The summed E-state index contributed by atoms with van der Waals surface area (Å²) in [7, 11) is -4.78. The monoisotopic (exact) mass is 678 g/mol. The normalized spacial score (nSPS) is 26.8. The highest BCUT2D eigenvalue weighted by Gasteiger charge is 2.53. The molecule has 0 aliphatic carbocycles. The number of nitriles is 2. The second kappa shape index (κ2) is 12.8. The molecule has 6 rings (SSSR count). The first-order valence-electron chi connectivity index (χ1n) is 16.1. The summed E-state index contributed by atoms with van der Waals surface area (Å²) in [5.41, 5.74) is -0.136. The number of benzene rings is 2. The molecule has 4 aliphatic heterocycles. The first-order chi connectivity index (χ1) is 22.7. The average Bonchev–Trinajstić information content (AvgIpc) is 3.66. The molecule has 2 aromatic carbocycles. The van der Waals surface area contributed by atoms with Crippen molar-refractivity contribution in [3.63, 3.8) is 0 Å². The van der Waals surface area contributed by atoms with Crippen molar-refractivity contribution in [2.75, 3.05) is 26.3 Å². The fourth-order valence-electron chi connectivity index (χ4n) is 7.22. The van der Waals surface area contributed by atoms with Gasteiger partial charge in [0.1, 0.15) is 34.9 Å². The van der Waals surface area contributed by atoms with Crippen LogP contribution in [0.15, 0.2) is 36.4 Å². The van der Waals surface area contributed by atoms with Crippen molar-refractivity contribution in [1.29, 1.82) is 10.5 Å². The molecule has 2 unspecified atom stereocenters. The second-order valence-electron chi connectivity index (χ2n) is 13.5. The molecule has 4 aliphatic rings. The Kier molecular flexibility index (Phi) is 9.05. The number of phosphoric acid groups is 1. The fourth-order valence-corrected chi connectivity index (χ4v) is 8.24. The zero-order chi connectivity index (χ0) is 34.4. The van der Waals surface area contributed by atoms with Crippen LogP contribution in [0.25, 0.3) is 0 Å². The van der Waals surface area contributed by atoms with Gasteiger partial charge in [-0.05, 0) is 76.9 Å². The predicted molar refractivity (Wildman–Crippen MR) is 169 cm³/mol. The molecule has 0 spiro atoms. The minimum Gasteiger partial charge on any atom is -0.485 e. The molecule has 2 saturated heterocycles. The molecular formula is C34H39N4O9P. The first kappa shape index (κ1) is 33.9. The lowest BCUT2D eigenvalue weighted by Crippen LogP contribution is -2.55. The number of ether oxygens (including phenoxy) is 3. The molecule has 13 nitrogen and oxygen atoms in total. The number of fused-ring (bicyclic) bond motifs is 2. The van der Waals surface area contributed by atoms with Crippen molar-refractivity contribution >= 4 is 19.6 Å². The van der Waals surface area contributed by atoms with Crippen molar-refractivity contribution in [1.82, 2.24) is 9.80 Å². The van der Waals surface area contributed by atoms with E-state index in [1.807, 2.05) is 13.8 Å². The molecule has 0 aromatic heterocycles. The van der Waals surface area contributed by atoms with Gasteiger partial charge in [0.05, 0.1) is 48.6 Å². The topological polar surface area (TPSA) is 172 Å². The lowest BCUT2D eigenvalue weighted by Gasteiger charge is -2.47. The third-order valence-corrected chi connectivity index (χ3v) is 10.4. The molecule has 0 radical (unpaired) electrons. The molecule has 0 saturated carbocycles. The molecule has 2 aromatic rings. The quantitative estimate of drug-likeness (QED) is 0.288. The van der Waals surface area contributed by atoms with Crippen molar-refractivity contribution < 1.29 is 42.3 Å². The summed E-state index contributed by atoms with van der Waals surface area (Å²) in [6.07, 6.45) is 0.216. The van der Waals surface area contributed by atoms with E-state index in [1.165, 1.54) is 0 Å². The summed E-state index contributed by atoms with van der Waals surface area (Å²) in [5, 5.41) is 19.1. The molecule has 5 atom stereocenters. The summed E-state index contributed by atoms with van der Waals surface area (Å²) in [6, 6.07) is 12.9. The molecule has 0 bridgehead atoms. The molecule has 254 valence electrons. The van der Waals surface area contributed by atoms with Gasteiger partial charge in [0.15, 0.2) is 0 Å². The number of carbonyl (C=O) groups is 2. The van der Waals surface area contributed by atoms with Gasteiger partial charge in [0, 0.05) is 37.1 Å². The zero-order valence-electron chi connectivity index (χ0n) is 27.4. The number of hydrogen-bond donors (Lipinski definition) is 1. The van der Waals surface area contributed by atoms with E-state index in [2.05, 4.69) is 12.1 Å². The largest absolute Gasteiger partial charge is 0.485 e. The average molecular weight is 679 g/mol. The van der Waals surface area contributed by atoms with E-state index in [4.69, 9.17) is 23.3 Å². The highest BCUT2D eigenvalue weighted by Crippen LogP contribution is 2.54. The molecule has 2 fully saturated rings. The highest BCUT2D eigenvalue weighted by atomic mass is 31.2. The summed E-state index contributed by atoms with van der Waals surface area (Å²) >= 11 is 0. The van der Waals surface area contributed by atoms with E-state index in [0.717, 1.165) is 0 Å². The van der Waals surface area contributed by atoms with Gasteiger partial charge in [-0.3, -0.25) is 18.6 Å². The summed E-state index contributed by atoms with van der Waals surface area (Å²) < 4.78 is 43.6. The maximum atomic E-state index is 13.5. The third-order valence-electron chi connectivity index (χ3n) is 9.38. The van der Waals surface area contributed by atoms with Crippen molar-refractivity contribution in [3.8, 4) is 23.6 Å². The predicted octanol–water partition coefficient (Wildman–Crippen LogP) is 4.69. The van der Waals surface area contributed by atoms with Crippen LogP contribution in [0.1, 0.15) is 87.7 Å². The minimum atomic E-state index is -4.78. The molecule has 2 amide bonds. The van der Waals surface area contributed by atoms with Crippen LogP contribution in [0, 0.1) is 22.7 Å². The van der Waals surface area contributed by atoms with Gasteiger partial charge in [0.2, 0.25) is 11.8 Å². The lowest BCUT2D eigenvalue weighted by molar-refractivity contribution is -0.150. The number of likely N-dealkylation sites (tertiary alicyclic amines) is 2. The van der Waals surface area contributed by atoms with Crippen LogP contribution in [-0.2, 0) is 27.9 Å². The Bertz CT molecular complexity index is 1750. The van der Waals surface area contributed by atoms with Crippen LogP contribution in [-0.4, -0.2) is 76.2 Å². The zero-order valence-corrected chi connectivity index (χ0v) is 28.3. The number of carbonyl (C=O) groups excluding carboxylic acids is 2. The number of phosphoric ester groups is 1. The Hall–Kier alpha value is -3.97. The summed E-state index contributed by atoms with van der Waals surface area (Å²) in [5.74, 6) is 0.849. The Morgan fingerprint density at radius 3 is 1.77 bits per heavy atom. The van der Waals surface area contributed by atoms with Gasteiger partial charge in [-0.2, -0.15) is 10.5 Å². The number of nitrogens with zero attached hydrogens (tertiary/aromatic N) is 4. The Labute approximate surface area is 279 Å². The van der Waals surface area contributed by atoms with Crippen molar-refractivity contribution in [2.45, 2.75) is 88.9 Å². The van der Waals surface area contributed by atoms with E-state index in [-0.39, 0.29) is 25.0 Å². The number of amides is 2. The van der Waals surface area contributed by atoms with E-state index < -0.39 is 43.3 Å². The molecular weight excluding hydrogens is 639 g/mol. The third kappa shape index (κ3) is 6.41. The summed E-state index contributed by atoms with van der Waals surface area (Å²) in [6.45, 7) is 7.53. The molecule has 48 heavy (non-hydrogen) atoms. The van der Waals surface area contributed by atoms with E-state index >= 15 is 0 Å². The van der Waals surface area contributed by atoms with E-state index in [1.54, 1.807) is 60.0 Å². The van der Waals surface area contributed by atoms with Crippen LogP contribution in [0.2, 0.25) is 0 Å². The second-order valence-corrected chi connectivity index (χ2v) is 14.9. The van der Waals surface area contributed by atoms with E-state index in [0.29, 0.717) is 72.5 Å². The highest BCUT2D eigenvalue weighted by molar-refractivity contribution is 7.47. The maximum absolute atomic E-state index is 13.5. The van der Waals surface area contributed by atoms with Crippen LogP contribution in [0.4, 0.5) is 0 Å². The molecule has 4 heterocycles. The van der Waals surface area contributed by atoms with Crippen molar-refractivity contribution in [3.05, 3.63) is 58.7 Å². The fraction of sp³-hybridized carbons (Fsp3) is 0.529. The molecule has 14 heteroatoms. The number of rotatable bonds is 9. The van der Waals surface area contributed by atoms with Gasteiger partial charge in [-0.15, -0.1) is 0 Å². The van der Waals surface area contributed by atoms with Crippen molar-refractivity contribution in [2.24, 2.45) is 0 Å². The van der Waals surface area contributed by atoms with Crippen LogP contribution < -0.4 is 9.47 Å². The van der Waals surface area contributed by atoms with Gasteiger partial charge in [-0.25, -0.2) is 4.57 Å². The Balaban J connectivity index is 1.20. The summed E-state index contributed by atoms with van der Waals surface area (Å²) in [4.78, 5) is 40.3. The Morgan fingerprint density at radius 1 is 0.833 bits per heavy atom. The van der Waals surface area contributed by atoms with Crippen LogP contribution in [0.3, 0.4) is 0 Å². The van der Waals surface area contributed by atoms with E-state index in [9.17, 15) is 29.6 Å². The minimum absolute atomic E-state index is 0.0315. The van der Waals surface area contributed by atoms with Gasteiger partial charge >= 0.3 is 7.82 Å². The number of hydrogen-bond acceptors (Lipinski definition) is 10. The maximum Gasteiger partial charge on any atom is 0.472 e. The smallest absolute Gasteiger partial charge is 0.472 e.